The predicted molar refractivity (Wildman–Crippen MR) is 113 cm³/mol. The summed E-state index contributed by atoms with van der Waals surface area (Å²) in [6, 6.07) is 19.7. The number of carbonyl (C=O) groups excluding carboxylic acids is 1. The van der Waals surface area contributed by atoms with Gasteiger partial charge < -0.3 is 15.1 Å². The van der Waals surface area contributed by atoms with Gasteiger partial charge in [0.1, 0.15) is 11.6 Å². The highest BCUT2D eigenvalue weighted by Crippen LogP contribution is 2.18. The van der Waals surface area contributed by atoms with E-state index in [0.717, 1.165) is 18.9 Å². The Balaban J connectivity index is 1.34. The van der Waals surface area contributed by atoms with Crippen molar-refractivity contribution in [3.63, 3.8) is 0 Å². The van der Waals surface area contributed by atoms with Crippen LogP contribution in [-0.4, -0.2) is 52.2 Å². The maximum Gasteiger partial charge on any atom is 0.274 e. The maximum atomic E-state index is 12.8. The lowest BCUT2D eigenvalue weighted by atomic mass is 10.1. The first-order valence-corrected chi connectivity index (χ1v) is 9.81. The fourth-order valence-electron chi connectivity index (χ4n) is 3.41. The van der Waals surface area contributed by atoms with Crippen molar-refractivity contribution < 1.29 is 4.79 Å². The first-order valence-electron chi connectivity index (χ1n) is 9.81. The van der Waals surface area contributed by atoms with Gasteiger partial charge in [0.05, 0.1) is 0 Å². The number of carbonyl (C=O) groups is 1. The van der Waals surface area contributed by atoms with Gasteiger partial charge in [0.25, 0.3) is 5.91 Å². The Labute approximate surface area is 170 Å². The summed E-state index contributed by atoms with van der Waals surface area (Å²) in [5.41, 5.74) is 1.54. The third-order valence-corrected chi connectivity index (χ3v) is 5.09. The molecule has 1 aromatic carbocycles. The minimum absolute atomic E-state index is 0.0826. The highest BCUT2D eigenvalue weighted by Gasteiger charge is 2.23. The number of hydrogen-bond acceptors (Lipinski definition) is 6. The number of nitrogens with zero attached hydrogens (tertiary/aromatic N) is 5. The van der Waals surface area contributed by atoms with Crippen LogP contribution in [0.2, 0.25) is 0 Å². The van der Waals surface area contributed by atoms with E-state index >= 15 is 0 Å². The second kappa shape index (κ2) is 8.68. The SMILES string of the molecule is CC(Nc1ccc(C(=O)N2CCN(c3ccccn3)CC2)nn1)c1ccccc1. The molecule has 1 aliphatic rings. The molecule has 1 aliphatic heterocycles. The Hall–Kier alpha value is -3.48. The Bertz CT molecular complexity index is 925. The first-order chi connectivity index (χ1) is 14.2. The molecular formula is C22H24N6O. The lowest BCUT2D eigenvalue weighted by Crippen LogP contribution is -2.49. The van der Waals surface area contributed by atoms with Crippen LogP contribution in [-0.2, 0) is 0 Å². The molecule has 1 fully saturated rings. The van der Waals surface area contributed by atoms with E-state index in [9.17, 15) is 4.79 Å². The van der Waals surface area contributed by atoms with Crippen LogP contribution in [0, 0.1) is 0 Å². The molecule has 0 saturated carbocycles. The smallest absolute Gasteiger partial charge is 0.274 e. The summed E-state index contributed by atoms with van der Waals surface area (Å²) in [6.07, 6.45) is 1.79. The summed E-state index contributed by atoms with van der Waals surface area (Å²) in [6.45, 7) is 4.86. The van der Waals surface area contributed by atoms with Gasteiger partial charge in [0, 0.05) is 38.4 Å². The van der Waals surface area contributed by atoms with Gasteiger partial charge >= 0.3 is 0 Å². The number of anilines is 2. The second-order valence-corrected chi connectivity index (χ2v) is 7.05. The molecule has 1 N–H and O–H groups in total. The van der Waals surface area contributed by atoms with E-state index in [4.69, 9.17) is 0 Å². The van der Waals surface area contributed by atoms with Crippen LogP contribution in [0.25, 0.3) is 0 Å². The van der Waals surface area contributed by atoms with E-state index in [-0.39, 0.29) is 11.9 Å². The minimum atomic E-state index is -0.0826. The van der Waals surface area contributed by atoms with Crippen molar-refractivity contribution in [2.75, 3.05) is 36.4 Å². The Morgan fingerprint density at radius 3 is 2.34 bits per heavy atom. The second-order valence-electron chi connectivity index (χ2n) is 7.05. The van der Waals surface area contributed by atoms with E-state index in [1.165, 1.54) is 5.56 Å². The summed E-state index contributed by atoms with van der Waals surface area (Å²) < 4.78 is 0. The van der Waals surface area contributed by atoms with Crippen LogP contribution in [0.3, 0.4) is 0 Å². The van der Waals surface area contributed by atoms with Gasteiger partial charge in [-0.3, -0.25) is 4.79 Å². The van der Waals surface area contributed by atoms with Crippen molar-refractivity contribution in [2.45, 2.75) is 13.0 Å². The van der Waals surface area contributed by atoms with Crippen LogP contribution in [0.1, 0.15) is 29.0 Å². The van der Waals surface area contributed by atoms with Gasteiger partial charge in [0.15, 0.2) is 5.69 Å². The molecule has 29 heavy (non-hydrogen) atoms. The molecule has 0 aliphatic carbocycles. The normalized spacial score (nSPS) is 15.1. The van der Waals surface area contributed by atoms with E-state index in [2.05, 4.69) is 44.5 Å². The first kappa shape index (κ1) is 18.9. The Morgan fingerprint density at radius 1 is 0.931 bits per heavy atom. The molecule has 4 rings (SSSR count). The molecule has 148 valence electrons. The van der Waals surface area contributed by atoms with Gasteiger partial charge in [-0.15, -0.1) is 10.2 Å². The minimum Gasteiger partial charge on any atom is -0.362 e. The molecule has 0 bridgehead atoms. The van der Waals surface area contributed by atoms with Crippen molar-refractivity contribution >= 4 is 17.5 Å². The van der Waals surface area contributed by atoms with Gasteiger partial charge in [-0.1, -0.05) is 36.4 Å². The van der Waals surface area contributed by atoms with Crippen LogP contribution in [0.5, 0.6) is 0 Å². The van der Waals surface area contributed by atoms with Crippen LogP contribution in [0.15, 0.2) is 66.9 Å². The van der Waals surface area contributed by atoms with Crippen molar-refractivity contribution in [3.8, 4) is 0 Å². The van der Waals surface area contributed by atoms with Crippen LogP contribution < -0.4 is 10.2 Å². The van der Waals surface area contributed by atoms with Crippen LogP contribution in [0.4, 0.5) is 11.6 Å². The number of piperazine rings is 1. The average Bonchev–Trinajstić information content (AvgIpc) is 2.80. The molecule has 7 nitrogen and oxygen atoms in total. The van der Waals surface area contributed by atoms with E-state index in [1.807, 2.05) is 47.4 Å². The number of aromatic nitrogens is 3. The van der Waals surface area contributed by atoms with Crippen molar-refractivity contribution in [3.05, 3.63) is 78.1 Å². The molecule has 0 spiro atoms. The number of hydrogen-bond donors (Lipinski definition) is 1. The van der Waals surface area contributed by atoms with E-state index < -0.39 is 0 Å². The van der Waals surface area contributed by atoms with Gasteiger partial charge in [0.2, 0.25) is 0 Å². The summed E-state index contributed by atoms with van der Waals surface area (Å²) >= 11 is 0. The molecular weight excluding hydrogens is 364 g/mol. The van der Waals surface area contributed by atoms with E-state index in [0.29, 0.717) is 24.6 Å². The summed E-state index contributed by atoms with van der Waals surface area (Å²) in [4.78, 5) is 21.2. The molecule has 7 heteroatoms. The monoisotopic (exact) mass is 388 g/mol. The standard InChI is InChI=1S/C22H24N6O/c1-17(18-7-3-2-4-8-18)24-20-11-10-19(25-26-20)22(29)28-15-13-27(14-16-28)21-9-5-6-12-23-21/h2-12,17H,13-16H2,1H3,(H,24,26). The van der Waals surface area contributed by atoms with Gasteiger partial charge in [-0.05, 0) is 36.8 Å². The molecule has 3 heterocycles. The number of benzene rings is 1. The van der Waals surface area contributed by atoms with Gasteiger partial charge in [-0.2, -0.15) is 0 Å². The molecule has 1 saturated heterocycles. The van der Waals surface area contributed by atoms with Crippen LogP contribution >= 0.6 is 0 Å². The molecule has 1 amide bonds. The molecule has 0 radical (unpaired) electrons. The Kier molecular flexibility index (Phi) is 5.65. The van der Waals surface area contributed by atoms with Crippen molar-refractivity contribution in [2.24, 2.45) is 0 Å². The number of nitrogens with one attached hydrogen (secondary N) is 1. The zero-order chi connectivity index (χ0) is 20.1. The fourth-order valence-corrected chi connectivity index (χ4v) is 3.41. The van der Waals surface area contributed by atoms with E-state index in [1.54, 1.807) is 12.3 Å². The third-order valence-electron chi connectivity index (χ3n) is 5.09. The molecule has 3 aromatic rings. The highest BCUT2D eigenvalue weighted by molar-refractivity contribution is 5.92. The van der Waals surface area contributed by atoms with Crippen molar-refractivity contribution in [1.82, 2.24) is 20.1 Å². The zero-order valence-electron chi connectivity index (χ0n) is 16.4. The number of amides is 1. The largest absolute Gasteiger partial charge is 0.362 e. The maximum absolute atomic E-state index is 12.8. The fraction of sp³-hybridized carbons (Fsp3) is 0.273. The quantitative estimate of drug-likeness (QED) is 0.724. The summed E-state index contributed by atoms with van der Waals surface area (Å²) in [5.74, 6) is 1.51. The number of rotatable bonds is 5. The summed E-state index contributed by atoms with van der Waals surface area (Å²) in [7, 11) is 0. The summed E-state index contributed by atoms with van der Waals surface area (Å²) in [5, 5.41) is 11.7. The lowest BCUT2D eigenvalue weighted by molar-refractivity contribution is 0.0739. The zero-order valence-corrected chi connectivity index (χ0v) is 16.4. The molecule has 2 aromatic heterocycles. The average molecular weight is 388 g/mol. The predicted octanol–water partition coefficient (Wildman–Crippen LogP) is 3.01. The Morgan fingerprint density at radius 2 is 1.69 bits per heavy atom. The number of pyridine rings is 1. The van der Waals surface area contributed by atoms with Crippen molar-refractivity contribution in [1.29, 1.82) is 0 Å². The lowest BCUT2D eigenvalue weighted by Gasteiger charge is -2.35. The van der Waals surface area contributed by atoms with Gasteiger partial charge in [-0.25, -0.2) is 4.98 Å². The highest BCUT2D eigenvalue weighted by atomic mass is 16.2. The molecule has 1 atom stereocenters. The topological polar surface area (TPSA) is 74.2 Å². The molecule has 1 unspecified atom stereocenters. The third kappa shape index (κ3) is 4.51.